The molecule has 1 N–H and O–H groups in total. The van der Waals surface area contributed by atoms with E-state index in [2.05, 4.69) is 0 Å². The minimum Gasteiger partial charge on any atom is -0.465 e. The Balaban J connectivity index is 0.000000331. The Morgan fingerprint density at radius 1 is 1.22 bits per heavy atom. The first-order valence-corrected chi connectivity index (χ1v) is 5.83. The zero-order valence-corrected chi connectivity index (χ0v) is 10.7. The van der Waals surface area contributed by atoms with Crippen LogP contribution in [-0.4, -0.2) is 11.4 Å². The molecule has 96 valence electrons. The third-order valence-corrected chi connectivity index (χ3v) is 1.94. The Labute approximate surface area is 108 Å². The molecule has 0 amide bonds. The van der Waals surface area contributed by atoms with Gasteiger partial charge >= 0.3 is 0 Å². The molecule has 0 heterocycles. The summed E-state index contributed by atoms with van der Waals surface area (Å²) in [6.07, 6.45) is 0.876. The summed E-state index contributed by atoms with van der Waals surface area (Å²) in [5, 5.41) is 25.2. The van der Waals surface area contributed by atoms with E-state index in [1.807, 2.05) is 37.3 Å². The molecular formula is C14H18N2O2. The Hall–Kier alpha value is -2.04. The molecule has 0 spiro atoms. The van der Waals surface area contributed by atoms with Crippen molar-refractivity contribution < 1.29 is 9.84 Å². The van der Waals surface area contributed by atoms with Gasteiger partial charge in [0, 0.05) is 0 Å². The maximum Gasteiger partial charge on any atom is 0.194 e. The van der Waals surface area contributed by atoms with Crippen molar-refractivity contribution in [3.8, 4) is 17.9 Å². The largest absolute Gasteiger partial charge is 0.465 e. The molecule has 0 aliphatic rings. The highest BCUT2D eigenvalue weighted by atomic mass is 16.6. The number of hydrogen-bond acceptors (Lipinski definition) is 4. The summed E-state index contributed by atoms with van der Waals surface area (Å²) in [6, 6.07) is 13.0. The van der Waals surface area contributed by atoms with Gasteiger partial charge in [-0.3, -0.25) is 0 Å². The highest BCUT2D eigenvalue weighted by Gasteiger charge is 2.00. The maximum absolute atomic E-state index is 8.78. The Morgan fingerprint density at radius 3 is 2.11 bits per heavy atom. The lowest BCUT2D eigenvalue weighted by Gasteiger charge is -2.06. The molecule has 4 nitrogen and oxygen atoms in total. The fourth-order valence-corrected chi connectivity index (χ4v) is 1.14. The molecule has 1 aromatic rings. The average Bonchev–Trinajstić information content (AvgIpc) is 2.37. The van der Waals surface area contributed by atoms with Crippen molar-refractivity contribution >= 4 is 0 Å². The zero-order valence-electron chi connectivity index (χ0n) is 10.7. The van der Waals surface area contributed by atoms with Crippen LogP contribution in [0.5, 0.6) is 5.75 Å². The zero-order chi connectivity index (χ0) is 13.8. The average molecular weight is 246 g/mol. The van der Waals surface area contributed by atoms with E-state index in [0.717, 1.165) is 6.42 Å². The lowest BCUT2D eigenvalue weighted by atomic mass is 10.1. The molecule has 0 radical (unpaired) electrons. The summed E-state index contributed by atoms with van der Waals surface area (Å²) >= 11 is 0. The Morgan fingerprint density at radius 2 is 1.78 bits per heavy atom. The van der Waals surface area contributed by atoms with Crippen molar-refractivity contribution in [1.82, 2.24) is 0 Å². The number of aliphatic hydroxyl groups excluding tert-OH is 1. The smallest absolute Gasteiger partial charge is 0.194 e. The van der Waals surface area contributed by atoms with Gasteiger partial charge in [-0.2, -0.15) is 10.5 Å². The molecule has 0 saturated carbocycles. The fraction of sp³-hybridized carbons (Fsp3) is 0.429. The number of rotatable bonds is 4. The van der Waals surface area contributed by atoms with Crippen molar-refractivity contribution in [1.29, 1.82) is 10.5 Å². The number of benzene rings is 1. The van der Waals surface area contributed by atoms with Crippen LogP contribution in [0.2, 0.25) is 0 Å². The standard InChI is InChI=1S/C8H10O2.C6H8N2/c1-7(9)10-8-5-3-2-4-6-8;1-2-3-6(4-7)5-8/h2-7,9H,1H3;6H,2-3H2,1H3. The molecule has 0 fully saturated rings. The second-order valence-corrected chi connectivity index (χ2v) is 3.63. The minimum atomic E-state index is -0.734. The highest BCUT2D eigenvalue weighted by molar-refractivity contribution is 5.20. The number of nitriles is 2. The number of para-hydroxylation sites is 1. The van der Waals surface area contributed by atoms with Crippen LogP contribution in [0.15, 0.2) is 30.3 Å². The molecule has 1 atom stereocenters. The minimum absolute atomic E-state index is 0.389. The van der Waals surface area contributed by atoms with Gasteiger partial charge in [0.2, 0.25) is 0 Å². The molecule has 0 aliphatic carbocycles. The molecule has 0 aromatic heterocycles. The van der Waals surface area contributed by atoms with Crippen LogP contribution in [0.1, 0.15) is 26.7 Å². The second kappa shape index (κ2) is 10.1. The van der Waals surface area contributed by atoms with Crippen LogP contribution in [0.25, 0.3) is 0 Å². The van der Waals surface area contributed by atoms with E-state index in [1.54, 1.807) is 19.1 Å². The SMILES string of the molecule is CC(O)Oc1ccccc1.CCCC(C#N)C#N. The lowest BCUT2D eigenvalue weighted by molar-refractivity contribution is -0.000287. The fourth-order valence-electron chi connectivity index (χ4n) is 1.14. The lowest BCUT2D eigenvalue weighted by Crippen LogP contribution is -2.08. The molecule has 18 heavy (non-hydrogen) atoms. The van der Waals surface area contributed by atoms with Crippen molar-refractivity contribution in [3.63, 3.8) is 0 Å². The first-order chi connectivity index (χ1) is 8.63. The quantitative estimate of drug-likeness (QED) is 0.829. The molecule has 4 heteroatoms. The van der Waals surface area contributed by atoms with E-state index in [0.29, 0.717) is 12.2 Å². The summed E-state index contributed by atoms with van der Waals surface area (Å²) in [5.74, 6) is 0.303. The number of hydrogen-bond donors (Lipinski definition) is 1. The third-order valence-electron chi connectivity index (χ3n) is 1.94. The van der Waals surface area contributed by atoms with Crippen LogP contribution in [0.4, 0.5) is 0 Å². The van der Waals surface area contributed by atoms with Crippen molar-refractivity contribution in [2.24, 2.45) is 5.92 Å². The van der Waals surface area contributed by atoms with Crippen molar-refractivity contribution in [2.75, 3.05) is 0 Å². The van der Waals surface area contributed by atoms with E-state index in [4.69, 9.17) is 20.4 Å². The summed E-state index contributed by atoms with van der Waals surface area (Å²) in [4.78, 5) is 0. The molecule has 1 unspecified atom stereocenters. The van der Waals surface area contributed by atoms with Crippen LogP contribution in [0, 0.1) is 28.6 Å². The van der Waals surface area contributed by atoms with Crippen LogP contribution >= 0.6 is 0 Å². The number of ether oxygens (including phenoxy) is 1. The van der Waals surface area contributed by atoms with Gasteiger partial charge in [0.15, 0.2) is 6.29 Å². The Kier molecular flexibility index (Phi) is 8.99. The predicted molar refractivity (Wildman–Crippen MR) is 68.4 cm³/mol. The van der Waals surface area contributed by atoms with Crippen LogP contribution in [-0.2, 0) is 0 Å². The van der Waals surface area contributed by atoms with Crippen molar-refractivity contribution in [2.45, 2.75) is 33.0 Å². The molecular weight excluding hydrogens is 228 g/mol. The topological polar surface area (TPSA) is 77.0 Å². The highest BCUT2D eigenvalue weighted by Crippen LogP contribution is 2.09. The van der Waals surface area contributed by atoms with E-state index in [-0.39, 0.29) is 5.92 Å². The maximum atomic E-state index is 8.78. The van der Waals surface area contributed by atoms with E-state index >= 15 is 0 Å². The first-order valence-electron chi connectivity index (χ1n) is 5.83. The summed E-state index contributed by atoms with van der Waals surface area (Å²) in [6.45, 7) is 3.54. The number of aliphatic hydroxyl groups is 1. The van der Waals surface area contributed by atoms with Crippen LogP contribution < -0.4 is 4.74 Å². The summed E-state index contributed by atoms with van der Waals surface area (Å²) < 4.78 is 4.97. The second-order valence-electron chi connectivity index (χ2n) is 3.63. The van der Waals surface area contributed by atoms with Gasteiger partial charge in [0.05, 0.1) is 12.1 Å². The molecule has 1 aromatic carbocycles. The first kappa shape index (κ1) is 16.0. The molecule has 1 rings (SSSR count). The van der Waals surface area contributed by atoms with Gasteiger partial charge in [0.1, 0.15) is 11.7 Å². The van der Waals surface area contributed by atoms with Gasteiger partial charge < -0.3 is 9.84 Å². The van der Waals surface area contributed by atoms with Gasteiger partial charge in [-0.05, 0) is 25.5 Å². The van der Waals surface area contributed by atoms with Gasteiger partial charge in [-0.15, -0.1) is 0 Å². The number of nitrogens with zero attached hydrogens (tertiary/aromatic N) is 2. The molecule has 0 aliphatic heterocycles. The van der Waals surface area contributed by atoms with E-state index in [9.17, 15) is 0 Å². The van der Waals surface area contributed by atoms with Crippen molar-refractivity contribution in [3.05, 3.63) is 30.3 Å². The van der Waals surface area contributed by atoms with E-state index in [1.165, 1.54) is 0 Å². The summed E-state index contributed by atoms with van der Waals surface area (Å²) in [5.41, 5.74) is 0. The normalized spacial score (nSPS) is 10.6. The van der Waals surface area contributed by atoms with Gasteiger partial charge in [-0.1, -0.05) is 31.5 Å². The Bertz CT molecular complexity index is 376. The third kappa shape index (κ3) is 8.15. The van der Waals surface area contributed by atoms with E-state index < -0.39 is 6.29 Å². The van der Waals surface area contributed by atoms with Crippen LogP contribution in [0.3, 0.4) is 0 Å². The summed E-state index contributed by atoms with van der Waals surface area (Å²) in [7, 11) is 0. The predicted octanol–water partition coefficient (Wildman–Crippen LogP) is 2.85. The monoisotopic (exact) mass is 246 g/mol. The molecule has 0 saturated heterocycles. The van der Waals surface area contributed by atoms with Gasteiger partial charge in [-0.25, -0.2) is 0 Å². The van der Waals surface area contributed by atoms with Gasteiger partial charge in [0.25, 0.3) is 0 Å². The molecule has 0 bridgehead atoms.